The summed E-state index contributed by atoms with van der Waals surface area (Å²) >= 11 is 1.38. The third-order valence-electron chi connectivity index (χ3n) is 3.91. The van der Waals surface area contributed by atoms with Gasteiger partial charge in [0, 0.05) is 11.3 Å². The van der Waals surface area contributed by atoms with Gasteiger partial charge in [0.1, 0.15) is 11.5 Å². The minimum absolute atomic E-state index is 0.118. The van der Waals surface area contributed by atoms with Crippen molar-refractivity contribution in [1.29, 1.82) is 0 Å². The van der Waals surface area contributed by atoms with E-state index in [0.29, 0.717) is 27.6 Å². The normalized spacial score (nSPS) is 11.5. The number of Topliss-reactive ketones (excluding diaryl/α,β-unsaturated/α-hetero) is 1. The Morgan fingerprint density at radius 2 is 1.63 bits per heavy atom. The number of benzene rings is 2. The van der Waals surface area contributed by atoms with Crippen LogP contribution >= 0.6 is 11.3 Å². The number of ketones is 1. The molecule has 0 aliphatic heterocycles. The molecule has 6 heteroatoms. The highest BCUT2D eigenvalue weighted by atomic mass is 32.1. The zero-order valence-corrected chi connectivity index (χ0v) is 15.8. The van der Waals surface area contributed by atoms with Crippen molar-refractivity contribution in [1.82, 2.24) is 0 Å². The van der Waals surface area contributed by atoms with E-state index in [1.54, 1.807) is 68.6 Å². The smallest absolute Gasteiger partial charge is 0.265 e. The van der Waals surface area contributed by atoms with Crippen molar-refractivity contribution in [3.05, 3.63) is 76.5 Å². The number of carbonyl (C=O) groups excluding carboxylic acids is 2. The standard InChI is InChI=1S/C21H19NO4S/c1-14(20(23)15-5-9-17(25-2)10-6-15)26-18-11-7-16(8-12-18)22-21(24)19-4-3-13-27-19/h3-14H,1-2H3,(H,22,24). The summed E-state index contributed by atoms with van der Waals surface area (Å²) in [6.07, 6.45) is -0.634. The first kappa shape index (κ1) is 18.7. The van der Waals surface area contributed by atoms with Crippen molar-refractivity contribution in [3.63, 3.8) is 0 Å². The number of ether oxygens (including phenoxy) is 2. The molecule has 0 bridgehead atoms. The monoisotopic (exact) mass is 381 g/mol. The van der Waals surface area contributed by atoms with Crippen molar-refractivity contribution in [2.45, 2.75) is 13.0 Å². The van der Waals surface area contributed by atoms with E-state index in [1.165, 1.54) is 11.3 Å². The Morgan fingerprint density at radius 3 is 2.22 bits per heavy atom. The average Bonchev–Trinajstić information content (AvgIpc) is 3.24. The van der Waals surface area contributed by atoms with Gasteiger partial charge in [-0.25, -0.2) is 0 Å². The fraction of sp³-hybridized carbons (Fsp3) is 0.143. The second kappa shape index (κ2) is 8.51. The molecular formula is C21H19NO4S. The van der Waals surface area contributed by atoms with Crippen molar-refractivity contribution < 1.29 is 19.1 Å². The molecule has 0 spiro atoms. The number of thiophene rings is 1. The molecular weight excluding hydrogens is 362 g/mol. The molecule has 3 rings (SSSR count). The summed E-state index contributed by atoms with van der Waals surface area (Å²) in [7, 11) is 1.58. The van der Waals surface area contributed by atoms with Crippen molar-refractivity contribution in [3.8, 4) is 11.5 Å². The minimum Gasteiger partial charge on any atom is -0.497 e. The topological polar surface area (TPSA) is 64.6 Å². The minimum atomic E-state index is -0.634. The maximum absolute atomic E-state index is 12.5. The Labute approximate surface area is 161 Å². The zero-order valence-electron chi connectivity index (χ0n) is 15.0. The third kappa shape index (κ3) is 4.74. The number of methoxy groups -OCH3 is 1. The third-order valence-corrected chi connectivity index (χ3v) is 4.78. The molecule has 5 nitrogen and oxygen atoms in total. The van der Waals surface area contributed by atoms with Crippen molar-refractivity contribution >= 4 is 28.7 Å². The van der Waals surface area contributed by atoms with E-state index in [4.69, 9.17) is 9.47 Å². The van der Waals surface area contributed by atoms with Crippen LogP contribution < -0.4 is 14.8 Å². The summed E-state index contributed by atoms with van der Waals surface area (Å²) < 4.78 is 10.8. The highest BCUT2D eigenvalue weighted by molar-refractivity contribution is 7.12. The van der Waals surface area contributed by atoms with Gasteiger partial charge in [-0.15, -0.1) is 11.3 Å². The molecule has 1 aromatic heterocycles. The highest BCUT2D eigenvalue weighted by Crippen LogP contribution is 2.20. The molecule has 138 valence electrons. The molecule has 27 heavy (non-hydrogen) atoms. The van der Waals surface area contributed by atoms with Gasteiger partial charge >= 0.3 is 0 Å². The Balaban J connectivity index is 1.59. The molecule has 0 fully saturated rings. The number of hydrogen-bond acceptors (Lipinski definition) is 5. The second-order valence-corrected chi connectivity index (χ2v) is 6.76. The van der Waals surface area contributed by atoms with E-state index in [9.17, 15) is 9.59 Å². The van der Waals surface area contributed by atoms with Crippen LogP contribution in [0.5, 0.6) is 11.5 Å². The summed E-state index contributed by atoms with van der Waals surface area (Å²) in [5.74, 6) is 0.980. The first-order chi connectivity index (χ1) is 13.1. The molecule has 1 N–H and O–H groups in total. The fourth-order valence-corrected chi connectivity index (χ4v) is 3.08. The number of rotatable bonds is 7. The molecule has 0 aliphatic carbocycles. The molecule has 0 saturated carbocycles. The molecule has 3 aromatic rings. The van der Waals surface area contributed by atoms with Gasteiger partial charge in [0.2, 0.25) is 5.78 Å². The highest BCUT2D eigenvalue weighted by Gasteiger charge is 2.17. The van der Waals surface area contributed by atoms with E-state index in [2.05, 4.69) is 5.32 Å². The summed E-state index contributed by atoms with van der Waals surface area (Å²) in [4.78, 5) is 25.2. The van der Waals surface area contributed by atoms with Crippen LogP contribution in [0.4, 0.5) is 5.69 Å². The number of nitrogens with one attached hydrogen (secondary N) is 1. The predicted molar refractivity (Wildman–Crippen MR) is 106 cm³/mol. The molecule has 1 heterocycles. The quantitative estimate of drug-likeness (QED) is 0.605. The van der Waals surface area contributed by atoms with Crippen LogP contribution in [0.15, 0.2) is 66.0 Å². The van der Waals surface area contributed by atoms with Crippen LogP contribution in [0.1, 0.15) is 27.0 Å². The molecule has 1 atom stereocenters. The Kier molecular flexibility index (Phi) is 5.88. The fourth-order valence-electron chi connectivity index (χ4n) is 2.46. The average molecular weight is 381 g/mol. The number of anilines is 1. The van der Waals surface area contributed by atoms with Crippen LogP contribution in [-0.2, 0) is 0 Å². The first-order valence-electron chi connectivity index (χ1n) is 8.36. The van der Waals surface area contributed by atoms with Crippen LogP contribution in [-0.4, -0.2) is 24.9 Å². The van der Waals surface area contributed by atoms with Crippen LogP contribution in [0.3, 0.4) is 0 Å². The zero-order chi connectivity index (χ0) is 19.2. The summed E-state index contributed by atoms with van der Waals surface area (Å²) in [5.41, 5.74) is 1.22. The predicted octanol–water partition coefficient (Wildman–Crippen LogP) is 4.66. The summed E-state index contributed by atoms with van der Waals surface area (Å²) in [6, 6.07) is 17.4. The van der Waals surface area contributed by atoms with E-state index in [-0.39, 0.29) is 11.7 Å². The van der Waals surface area contributed by atoms with E-state index < -0.39 is 6.10 Å². The lowest BCUT2D eigenvalue weighted by Crippen LogP contribution is -2.23. The molecule has 0 aliphatic rings. The molecule has 1 amide bonds. The van der Waals surface area contributed by atoms with Gasteiger partial charge in [-0.2, -0.15) is 0 Å². The van der Waals surface area contributed by atoms with Crippen LogP contribution in [0, 0.1) is 0 Å². The Hall–Kier alpha value is -3.12. The Bertz CT molecular complexity index is 902. The van der Waals surface area contributed by atoms with Gasteiger partial charge in [0.05, 0.1) is 12.0 Å². The van der Waals surface area contributed by atoms with Crippen LogP contribution in [0.25, 0.3) is 0 Å². The Morgan fingerprint density at radius 1 is 0.963 bits per heavy atom. The van der Waals surface area contributed by atoms with E-state index in [1.807, 2.05) is 11.4 Å². The van der Waals surface area contributed by atoms with Crippen molar-refractivity contribution in [2.24, 2.45) is 0 Å². The SMILES string of the molecule is COc1ccc(C(=O)C(C)Oc2ccc(NC(=O)c3cccs3)cc2)cc1. The van der Waals surface area contributed by atoms with Gasteiger partial charge in [0.25, 0.3) is 5.91 Å². The van der Waals surface area contributed by atoms with Gasteiger partial charge < -0.3 is 14.8 Å². The molecule has 1 unspecified atom stereocenters. The number of carbonyl (C=O) groups is 2. The maximum atomic E-state index is 12.5. The van der Waals surface area contributed by atoms with Gasteiger partial charge in [-0.3, -0.25) is 9.59 Å². The maximum Gasteiger partial charge on any atom is 0.265 e. The van der Waals surface area contributed by atoms with Crippen molar-refractivity contribution in [2.75, 3.05) is 12.4 Å². The largest absolute Gasteiger partial charge is 0.497 e. The second-order valence-electron chi connectivity index (χ2n) is 5.81. The summed E-state index contributed by atoms with van der Waals surface area (Å²) in [6.45, 7) is 1.71. The molecule has 0 saturated heterocycles. The van der Waals surface area contributed by atoms with Crippen LogP contribution in [0.2, 0.25) is 0 Å². The molecule has 2 aromatic carbocycles. The molecule has 0 radical (unpaired) electrons. The lowest BCUT2D eigenvalue weighted by Gasteiger charge is -2.14. The summed E-state index contributed by atoms with van der Waals surface area (Å²) in [5, 5.41) is 4.68. The van der Waals surface area contributed by atoms with Gasteiger partial charge in [0.15, 0.2) is 6.10 Å². The lowest BCUT2D eigenvalue weighted by molar-refractivity contribution is 0.0818. The van der Waals surface area contributed by atoms with E-state index in [0.717, 1.165) is 0 Å². The first-order valence-corrected chi connectivity index (χ1v) is 9.24. The lowest BCUT2D eigenvalue weighted by atomic mass is 10.1. The van der Waals surface area contributed by atoms with Gasteiger partial charge in [-0.05, 0) is 66.9 Å². The van der Waals surface area contributed by atoms with E-state index >= 15 is 0 Å². The number of hydrogen-bond donors (Lipinski definition) is 1. The number of amides is 1. The van der Waals surface area contributed by atoms with Gasteiger partial charge in [-0.1, -0.05) is 6.07 Å².